The largest absolute Gasteiger partial charge is 0.390 e. The highest BCUT2D eigenvalue weighted by atomic mass is 16.3. The number of quaternary nitrogens is 1. The average molecular weight is 324 g/mol. The fourth-order valence-corrected chi connectivity index (χ4v) is 3.50. The number of allylic oxidation sites excluding steroid dienone is 2. The number of nitrogens with one attached hydrogen (secondary N) is 1. The van der Waals surface area contributed by atoms with E-state index in [-0.39, 0.29) is 6.61 Å². The van der Waals surface area contributed by atoms with E-state index in [1.807, 2.05) is 0 Å². The topological polar surface area (TPSA) is 32.3 Å². The van der Waals surface area contributed by atoms with Crippen LogP contribution in [0.2, 0.25) is 0 Å². The quantitative estimate of drug-likeness (QED) is 0.276. The highest BCUT2D eigenvalue weighted by Crippen LogP contribution is 2.21. The second-order valence-corrected chi connectivity index (χ2v) is 6.82. The van der Waals surface area contributed by atoms with Crippen molar-refractivity contribution in [3.05, 3.63) is 24.6 Å². The molecule has 2 atom stereocenters. The van der Waals surface area contributed by atoms with Gasteiger partial charge >= 0.3 is 0 Å². The summed E-state index contributed by atoms with van der Waals surface area (Å²) in [5, 5.41) is 12.8. The van der Waals surface area contributed by atoms with Gasteiger partial charge in [0.25, 0.3) is 0 Å². The molecule has 0 saturated heterocycles. The first-order chi connectivity index (χ1) is 11.3. The van der Waals surface area contributed by atoms with Crippen molar-refractivity contribution in [3.63, 3.8) is 0 Å². The van der Waals surface area contributed by atoms with Crippen molar-refractivity contribution in [2.24, 2.45) is 0 Å². The molecule has 0 saturated carbocycles. The molecule has 0 aromatic rings. The Morgan fingerprint density at radius 2 is 1.70 bits per heavy atom. The van der Waals surface area contributed by atoms with Gasteiger partial charge in [0.15, 0.2) is 6.17 Å². The maximum Gasteiger partial charge on any atom is 0.166 e. The van der Waals surface area contributed by atoms with E-state index < -0.39 is 0 Å². The number of nitrogens with zero attached hydrogens (tertiary/aromatic N) is 1. The van der Waals surface area contributed by atoms with Crippen LogP contribution in [0.5, 0.6) is 0 Å². The summed E-state index contributed by atoms with van der Waals surface area (Å²) in [6.07, 6.45) is 22.6. The summed E-state index contributed by atoms with van der Waals surface area (Å²) in [7, 11) is 0. The molecule has 134 valence electrons. The molecule has 3 heteroatoms. The van der Waals surface area contributed by atoms with E-state index in [1.165, 1.54) is 51.4 Å². The van der Waals surface area contributed by atoms with Gasteiger partial charge in [-0.05, 0) is 26.2 Å². The van der Waals surface area contributed by atoms with Crippen LogP contribution in [-0.4, -0.2) is 35.5 Å². The lowest BCUT2D eigenvalue weighted by Crippen LogP contribution is -2.53. The number of aliphatic hydroxyl groups is 1. The Labute approximate surface area is 144 Å². The molecule has 2 N–H and O–H groups in total. The number of rotatable bonds is 14. The smallest absolute Gasteiger partial charge is 0.166 e. The van der Waals surface area contributed by atoms with Gasteiger partial charge in [-0.2, -0.15) is 0 Å². The first kappa shape index (κ1) is 20.2. The van der Waals surface area contributed by atoms with E-state index in [1.54, 1.807) is 0 Å². The van der Waals surface area contributed by atoms with Gasteiger partial charge in [-0.3, -0.25) is 4.48 Å². The van der Waals surface area contributed by atoms with Crippen LogP contribution in [0.15, 0.2) is 24.6 Å². The Bertz CT molecular complexity index is 341. The molecule has 1 aliphatic heterocycles. The number of aliphatic hydroxyl groups excluding tert-OH is 1. The molecule has 1 heterocycles. The third-order valence-electron chi connectivity index (χ3n) is 5.13. The lowest BCUT2D eigenvalue weighted by molar-refractivity contribution is -0.899. The molecule has 0 fully saturated rings. The summed E-state index contributed by atoms with van der Waals surface area (Å²) in [5.74, 6) is 0. The van der Waals surface area contributed by atoms with Gasteiger partial charge in [-0.15, -0.1) is 0 Å². The van der Waals surface area contributed by atoms with Gasteiger partial charge in [0.2, 0.25) is 0 Å². The van der Waals surface area contributed by atoms with E-state index in [2.05, 4.69) is 43.7 Å². The Morgan fingerprint density at radius 1 is 1.00 bits per heavy atom. The molecule has 0 aliphatic carbocycles. The minimum Gasteiger partial charge on any atom is -0.390 e. The minimum absolute atomic E-state index is 0.254. The Hall–Kier alpha value is -0.800. The van der Waals surface area contributed by atoms with Gasteiger partial charge in [0.05, 0.1) is 19.4 Å². The van der Waals surface area contributed by atoms with E-state index in [4.69, 9.17) is 0 Å². The Morgan fingerprint density at radius 3 is 2.39 bits per heavy atom. The Kier molecular flexibility index (Phi) is 11.1. The summed E-state index contributed by atoms with van der Waals surface area (Å²) in [5.41, 5.74) is 0. The number of hydrogen-bond donors (Lipinski definition) is 2. The van der Waals surface area contributed by atoms with Crippen LogP contribution in [0.3, 0.4) is 0 Å². The van der Waals surface area contributed by atoms with Crippen molar-refractivity contribution in [2.45, 2.75) is 84.2 Å². The van der Waals surface area contributed by atoms with E-state index in [9.17, 15) is 5.11 Å². The van der Waals surface area contributed by atoms with Crippen molar-refractivity contribution in [1.29, 1.82) is 0 Å². The van der Waals surface area contributed by atoms with Crippen LogP contribution in [0.4, 0.5) is 0 Å². The molecule has 0 spiro atoms. The van der Waals surface area contributed by atoms with Crippen molar-refractivity contribution >= 4 is 0 Å². The SMILES string of the molecule is CCCCCCCCC/C=C/CCC1NC=C[N+]1(CC)CCO. The van der Waals surface area contributed by atoms with E-state index in [0.717, 1.165) is 30.4 Å². The maximum absolute atomic E-state index is 9.31. The zero-order chi connectivity index (χ0) is 16.8. The standard InChI is InChI=1S/C20H39N2O/c1-3-5-6-7-8-9-10-11-12-13-14-15-20-21-16-17-22(20,4-2)18-19-23/h12-13,16-17,20-21,23H,3-11,14-15,18-19H2,1-2H3/q+1/b13-12+. The minimum atomic E-state index is 0.254. The maximum atomic E-state index is 9.31. The first-order valence-corrected chi connectivity index (χ1v) is 9.85. The molecule has 23 heavy (non-hydrogen) atoms. The fourth-order valence-electron chi connectivity index (χ4n) is 3.50. The molecule has 3 nitrogen and oxygen atoms in total. The highest BCUT2D eigenvalue weighted by molar-refractivity contribution is 4.88. The zero-order valence-electron chi connectivity index (χ0n) is 15.5. The van der Waals surface area contributed by atoms with Crippen molar-refractivity contribution < 1.29 is 9.59 Å². The molecule has 0 amide bonds. The molecular formula is C20H39N2O+. The van der Waals surface area contributed by atoms with Crippen LogP contribution in [0.25, 0.3) is 0 Å². The predicted molar refractivity (Wildman–Crippen MR) is 99.8 cm³/mol. The average Bonchev–Trinajstić information content (AvgIpc) is 2.96. The third kappa shape index (κ3) is 7.54. The predicted octanol–water partition coefficient (Wildman–Crippen LogP) is 4.69. The van der Waals surface area contributed by atoms with Gasteiger partial charge in [0.1, 0.15) is 12.7 Å². The summed E-state index contributed by atoms with van der Waals surface area (Å²) in [4.78, 5) is 0. The highest BCUT2D eigenvalue weighted by Gasteiger charge is 2.35. The lowest BCUT2D eigenvalue weighted by atomic mass is 10.1. The number of hydrogen-bond acceptors (Lipinski definition) is 2. The van der Waals surface area contributed by atoms with Crippen LogP contribution in [0, 0.1) is 0 Å². The first-order valence-electron chi connectivity index (χ1n) is 9.85. The van der Waals surface area contributed by atoms with Crippen LogP contribution >= 0.6 is 0 Å². The molecule has 1 aliphatic rings. The molecule has 2 unspecified atom stereocenters. The summed E-state index contributed by atoms with van der Waals surface area (Å²) >= 11 is 0. The van der Waals surface area contributed by atoms with Gasteiger partial charge < -0.3 is 10.4 Å². The van der Waals surface area contributed by atoms with E-state index in [0.29, 0.717) is 6.17 Å². The fraction of sp³-hybridized carbons (Fsp3) is 0.800. The van der Waals surface area contributed by atoms with Gasteiger partial charge in [-0.25, -0.2) is 0 Å². The lowest BCUT2D eigenvalue weighted by Gasteiger charge is -2.36. The third-order valence-corrected chi connectivity index (χ3v) is 5.13. The molecule has 1 rings (SSSR count). The molecule has 0 aromatic heterocycles. The second-order valence-electron chi connectivity index (χ2n) is 6.82. The monoisotopic (exact) mass is 323 g/mol. The van der Waals surface area contributed by atoms with E-state index >= 15 is 0 Å². The second kappa shape index (κ2) is 12.6. The molecule has 0 bridgehead atoms. The normalized spacial score (nSPS) is 23.7. The van der Waals surface area contributed by atoms with Crippen molar-refractivity contribution in [3.8, 4) is 0 Å². The Balaban J connectivity index is 2.07. The number of unbranched alkanes of at least 4 members (excludes halogenated alkanes) is 7. The number of likely N-dealkylation sites (N-methyl/N-ethyl adjacent to an activating group) is 1. The van der Waals surface area contributed by atoms with Crippen LogP contribution in [0.1, 0.15) is 78.1 Å². The summed E-state index contributed by atoms with van der Waals surface area (Å²) in [6.45, 7) is 6.58. The molecule has 0 aromatic carbocycles. The summed E-state index contributed by atoms with van der Waals surface area (Å²) < 4.78 is 0.877. The van der Waals surface area contributed by atoms with Gasteiger partial charge in [-0.1, -0.05) is 57.6 Å². The van der Waals surface area contributed by atoms with Crippen molar-refractivity contribution in [1.82, 2.24) is 5.32 Å². The van der Waals surface area contributed by atoms with Crippen LogP contribution < -0.4 is 5.32 Å². The van der Waals surface area contributed by atoms with Gasteiger partial charge in [0, 0.05) is 6.42 Å². The molecular weight excluding hydrogens is 284 g/mol. The van der Waals surface area contributed by atoms with Crippen molar-refractivity contribution in [2.75, 3.05) is 19.7 Å². The zero-order valence-corrected chi connectivity index (χ0v) is 15.5. The summed E-state index contributed by atoms with van der Waals surface area (Å²) in [6, 6.07) is 0. The molecule has 0 radical (unpaired) electrons. The van der Waals surface area contributed by atoms with Crippen LogP contribution in [-0.2, 0) is 0 Å².